The summed E-state index contributed by atoms with van der Waals surface area (Å²) in [5.74, 6) is -0.265. The van der Waals surface area contributed by atoms with E-state index in [-0.39, 0.29) is 47.5 Å². The molecule has 1 aromatic rings. The lowest BCUT2D eigenvalue weighted by molar-refractivity contribution is -0.141. The first-order valence-corrected chi connectivity index (χ1v) is 12.6. The van der Waals surface area contributed by atoms with Gasteiger partial charge in [0.2, 0.25) is 17.7 Å². The lowest BCUT2D eigenvalue weighted by Crippen LogP contribution is -2.58. The monoisotopic (exact) mass is 489 g/mol. The third kappa shape index (κ3) is 5.78. The quantitative estimate of drug-likeness (QED) is 0.636. The molecule has 0 bridgehead atoms. The van der Waals surface area contributed by atoms with Crippen molar-refractivity contribution in [3.63, 3.8) is 0 Å². The summed E-state index contributed by atoms with van der Waals surface area (Å²) in [6.07, 6.45) is 1.39. The molecule has 7 nitrogen and oxygen atoms in total. The molecule has 2 heterocycles. The summed E-state index contributed by atoms with van der Waals surface area (Å²) in [4.78, 5) is 42.7. The first-order chi connectivity index (χ1) is 16.3. The average Bonchev–Trinajstić information content (AvgIpc) is 3.37. The van der Waals surface area contributed by atoms with Gasteiger partial charge in [-0.1, -0.05) is 34.6 Å². The van der Waals surface area contributed by atoms with Crippen LogP contribution in [0.15, 0.2) is 18.2 Å². The number of amides is 3. The average molecular weight is 490 g/mol. The second-order valence-corrected chi connectivity index (χ2v) is 11.1. The lowest BCUT2D eigenvalue weighted by Gasteiger charge is -2.37. The number of ether oxygens (including phenoxy) is 1. The molecular formula is C27H40FN3O4. The smallest absolute Gasteiger partial charge is 0.246 e. The Hall–Kier alpha value is -2.64. The number of rotatable bonds is 7. The number of fused-ring (bicyclic) bond motifs is 1. The van der Waals surface area contributed by atoms with Crippen molar-refractivity contribution in [1.29, 1.82) is 0 Å². The molecule has 3 rings (SSSR count). The van der Waals surface area contributed by atoms with E-state index in [2.05, 4.69) is 5.32 Å². The number of nitrogens with zero attached hydrogens (tertiary/aromatic N) is 2. The van der Waals surface area contributed by atoms with Crippen LogP contribution in [-0.4, -0.2) is 65.3 Å². The maximum Gasteiger partial charge on any atom is 0.246 e. The Labute approximate surface area is 208 Å². The van der Waals surface area contributed by atoms with Crippen LogP contribution in [-0.2, 0) is 14.4 Å². The SMILES string of the molecule is CC[C@@H](C)C(=O)N[C@H](C(=O)N1CC[C@@H]2[C@H]1[C@@H](COc1ccc(F)c(C)c1)CN2C(C)=O)C(C)(C)C. The van der Waals surface area contributed by atoms with Gasteiger partial charge in [0.25, 0.3) is 0 Å². The summed E-state index contributed by atoms with van der Waals surface area (Å²) in [5.41, 5.74) is 0.0225. The topological polar surface area (TPSA) is 79.0 Å². The Kier molecular flexibility index (Phi) is 8.12. The number of carbonyl (C=O) groups excluding carboxylic acids is 3. The molecule has 1 N–H and O–H groups in total. The Morgan fingerprint density at radius 1 is 1.23 bits per heavy atom. The molecule has 35 heavy (non-hydrogen) atoms. The number of likely N-dealkylation sites (tertiary alicyclic amines) is 2. The number of nitrogens with one attached hydrogen (secondary N) is 1. The summed E-state index contributed by atoms with van der Waals surface area (Å²) in [5, 5.41) is 3.00. The van der Waals surface area contributed by atoms with Gasteiger partial charge in [0.15, 0.2) is 0 Å². The molecule has 0 radical (unpaired) electrons. The van der Waals surface area contributed by atoms with Gasteiger partial charge in [0.05, 0.1) is 18.7 Å². The molecule has 2 aliphatic rings. The Bertz CT molecular complexity index is 960. The second kappa shape index (κ2) is 10.5. The van der Waals surface area contributed by atoms with Crippen molar-refractivity contribution in [3.05, 3.63) is 29.6 Å². The highest BCUT2D eigenvalue weighted by molar-refractivity contribution is 5.89. The van der Waals surface area contributed by atoms with Crippen molar-refractivity contribution >= 4 is 17.7 Å². The molecule has 1 aromatic carbocycles. The van der Waals surface area contributed by atoms with Gasteiger partial charge >= 0.3 is 0 Å². The number of halogens is 1. The predicted octanol–water partition coefficient (Wildman–Crippen LogP) is 3.54. The van der Waals surface area contributed by atoms with Crippen molar-refractivity contribution in [3.8, 4) is 5.75 Å². The number of hydrogen-bond acceptors (Lipinski definition) is 4. The van der Waals surface area contributed by atoms with Gasteiger partial charge in [-0.25, -0.2) is 4.39 Å². The lowest BCUT2D eigenvalue weighted by atomic mass is 9.84. The molecule has 3 amide bonds. The Morgan fingerprint density at radius 2 is 1.91 bits per heavy atom. The molecule has 0 saturated carbocycles. The summed E-state index contributed by atoms with van der Waals surface area (Å²) in [7, 11) is 0. The Morgan fingerprint density at radius 3 is 2.49 bits per heavy atom. The predicted molar refractivity (Wildman–Crippen MR) is 132 cm³/mol. The van der Waals surface area contributed by atoms with E-state index in [9.17, 15) is 18.8 Å². The van der Waals surface area contributed by atoms with Gasteiger partial charge in [-0.3, -0.25) is 14.4 Å². The summed E-state index contributed by atoms with van der Waals surface area (Å²) < 4.78 is 19.7. The van der Waals surface area contributed by atoms with Crippen LogP contribution in [0.5, 0.6) is 5.75 Å². The molecule has 2 fully saturated rings. The minimum atomic E-state index is -0.671. The third-order valence-electron chi connectivity index (χ3n) is 7.47. The molecule has 2 saturated heterocycles. The molecule has 8 heteroatoms. The summed E-state index contributed by atoms with van der Waals surface area (Å²) in [6, 6.07) is 3.68. The fraction of sp³-hybridized carbons (Fsp3) is 0.667. The van der Waals surface area contributed by atoms with Crippen molar-refractivity contribution in [2.75, 3.05) is 19.7 Å². The molecule has 0 aliphatic carbocycles. The first-order valence-electron chi connectivity index (χ1n) is 12.6. The highest BCUT2D eigenvalue weighted by Gasteiger charge is 2.53. The summed E-state index contributed by atoms with van der Waals surface area (Å²) in [6.45, 7) is 14.2. The minimum Gasteiger partial charge on any atom is -0.493 e. The van der Waals surface area contributed by atoms with E-state index >= 15 is 0 Å². The van der Waals surface area contributed by atoms with Crippen molar-refractivity contribution in [2.45, 2.75) is 79.4 Å². The molecule has 0 aromatic heterocycles. The normalized spacial score (nSPS) is 23.6. The largest absolute Gasteiger partial charge is 0.493 e. The van der Waals surface area contributed by atoms with E-state index in [1.165, 1.54) is 6.07 Å². The third-order valence-corrected chi connectivity index (χ3v) is 7.47. The van der Waals surface area contributed by atoms with Crippen molar-refractivity contribution in [2.24, 2.45) is 17.3 Å². The van der Waals surface area contributed by atoms with Gasteiger partial charge in [0, 0.05) is 31.8 Å². The molecule has 2 aliphatic heterocycles. The van der Waals surface area contributed by atoms with E-state index in [1.807, 2.05) is 44.4 Å². The molecule has 0 spiro atoms. The van der Waals surface area contributed by atoms with Gasteiger partial charge in [-0.05, 0) is 48.9 Å². The number of aryl methyl sites for hydroxylation is 1. The number of carbonyl (C=O) groups is 3. The van der Waals surface area contributed by atoms with Crippen molar-refractivity contribution < 1.29 is 23.5 Å². The minimum absolute atomic E-state index is 0.0214. The zero-order chi connectivity index (χ0) is 26.1. The van der Waals surface area contributed by atoms with Crippen LogP contribution in [0, 0.1) is 30.0 Å². The van der Waals surface area contributed by atoms with E-state index in [0.717, 1.165) is 0 Å². The van der Waals surface area contributed by atoms with Crippen LogP contribution >= 0.6 is 0 Å². The van der Waals surface area contributed by atoms with Gasteiger partial charge in [-0.2, -0.15) is 0 Å². The van der Waals surface area contributed by atoms with Crippen LogP contribution in [0.1, 0.15) is 59.9 Å². The Balaban J connectivity index is 1.83. The van der Waals surface area contributed by atoms with Crippen LogP contribution in [0.25, 0.3) is 0 Å². The van der Waals surface area contributed by atoms with Crippen LogP contribution in [0.2, 0.25) is 0 Å². The van der Waals surface area contributed by atoms with Gasteiger partial charge < -0.3 is 19.9 Å². The standard InChI is InChI=1S/C27H40FN3O4/c1-8-16(2)25(33)29-24(27(5,6)7)26(34)30-12-11-22-23(30)19(14-31(22)18(4)32)15-35-20-9-10-21(28)17(3)13-20/h9-10,13,16,19,22-24H,8,11-12,14-15H2,1-7H3,(H,29,33)/t16-,19-,22-,23-,24-/m1/s1. The number of benzene rings is 1. The van der Waals surface area contributed by atoms with E-state index in [4.69, 9.17) is 4.74 Å². The fourth-order valence-electron chi connectivity index (χ4n) is 5.17. The van der Waals surface area contributed by atoms with Gasteiger partial charge in [-0.15, -0.1) is 0 Å². The first kappa shape index (κ1) is 27.0. The van der Waals surface area contributed by atoms with Crippen LogP contribution in [0.4, 0.5) is 4.39 Å². The second-order valence-electron chi connectivity index (χ2n) is 11.1. The fourth-order valence-corrected chi connectivity index (χ4v) is 5.17. The molecule has 5 atom stereocenters. The van der Waals surface area contributed by atoms with Crippen LogP contribution in [0.3, 0.4) is 0 Å². The van der Waals surface area contributed by atoms with E-state index in [0.29, 0.717) is 43.9 Å². The maximum absolute atomic E-state index is 13.9. The molecular weight excluding hydrogens is 449 g/mol. The summed E-state index contributed by atoms with van der Waals surface area (Å²) >= 11 is 0. The van der Waals surface area contributed by atoms with E-state index < -0.39 is 11.5 Å². The number of hydrogen-bond donors (Lipinski definition) is 1. The molecule has 0 unspecified atom stereocenters. The van der Waals surface area contributed by atoms with Crippen molar-refractivity contribution in [1.82, 2.24) is 15.1 Å². The van der Waals surface area contributed by atoms with Crippen LogP contribution < -0.4 is 10.1 Å². The maximum atomic E-state index is 13.9. The van der Waals surface area contributed by atoms with E-state index in [1.54, 1.807) is 26.0 Å². The zero-order valence-corrected chi connectivity index (χ0v) is 22.1. The highest BCUT2D eigenvalue weighted by Crippen LogP contribution is 2.37. The van der Waals surface area contributed by atoms with Gasteiger partial charge in [0.1, 0.15) is 17.6 Å². The zero-order valence-electron chi connectivity index (χ0n) is 22.1. The molecule has 194 valence electrons. The highest BCUT2D eigenvalue weighted by atomic mass is 19.1.